The summed E-state index contributed by atoms with van der Waals surface area (Å²) in [4.78, 5) is 25.8. The molecule has 5 heteroatoms. The number of carbonyl (C=O) groups excluding carboxylic acids is 2. The Morgan fingerprint density at radius 3 is 2.58 bits per heavy atom. The van der Waals surface area contributed by atoms with Crippen molar-refractivity contribution in [2.24, 2.45) is 5.92 Å². The maximum absolute atomic E-state index is 12.4. The molecule has 19 heavy (non-hydrogen) atoms. The van der Waals surface area contributed by atoms with Gasteiger partial charge in [-0.3, -0.25) is 14.5 Å². The van der Waals surface area contributed by atoms with E-state index in [9.17, 15) is 9.59 Å². The zero-order valence-corrected chi connectivity index (χ0v) is 12.5. The fourth-order valence-electron chi connectivity index (χ4n) is 2.73. The molecule has 2 atom stereocenters. The molecule has 2 heterocycles. The number of rotatable bonds is 2. The fourth-order valence-corrected chi connectivity index (χ4v) is 3.09. The van der Waals surface area contributed by atoms with Crippen molar-refractivity contribution in [2.45, 2.75) is 25.4 Å². The SMILES string of the molecule is O=C1C[C@@H]([C@H]2CCCO2)C(=O)N1c1ccc(I)cc1. The Morgan fingerprint density at radius 1 is 1.21 bits per heavy atom. The lowest BCUT2D eigenvalue weighted by Gasteiger charge is -2.17. The van der Waals surface area contributed by atoms with E-state index in [1.54, 1.807) is 0 Å². The molecule has 2 fully saturated rings. The summed E-state index contributed by atoms with van der Waals surface area (Å²) in [5, 5.41) is 0. The highest BCUT2D eigenvalue weighted by Crippen LogP contribution is 2.33. The van der Waals surface area contributed by atoms with Crippen LogP contribution in [0.3, 0.4) is 0 Å². The number of nitrogens with zero attached hydrogens (tertiary/aromatic N) is 1. The molecule has 0 aliphatic carbocycles. The Morgan fingerprint density at radius 2 is 1.95 bits per heavy atom. The van der Waals surface area contributed by atoms with E-state index in [2.05, 4.69) is 22.6 Å². The maximum atomic E-state index is 12.4. The van der Waals surface area contributed by atoms with Crippen LogP contribution < -0.4 is 4.90 Å². The van der Waals surface area contributed by atoms with Crippen LogP contribution in [0.2, 0.25) is 0 Å². The van der Waals surface area contributed by atoms with Crippen molar-refractivity contribution in [3.8, 4) is 0 Å². The summed E-state index contributed by atoms with van der Waals surface area (Å²) in [5.74, 6) is -0.529. The van der Waals surface area contributed by atoms with Gasteiger partial charge in [0.15, 0.2) is 0 Å². The predicted octanol–water partition coefficient (Wildman–Crippen LogP) is 2.35. The predicted molar refractivity (Wildman–Crippen MR) is 78.7 cm³/mol. The van der Waals surface area contributed by atoms with E-state index in [1.165, 1.54) is 4.90 Å². The van der Waals surface area contributed by atoms with Gasteiger partial charge in [0.2, 0.25) is 11.8 Å². The Balaban J connectivity index is 1.84. The molecule has 1 aromatic carbocycles. The zero-order valence-electron chi connectivity index (χ0n) is 10.3. The summed E-state index contributed by atoms with van der Waals surface area (Å²) >= 11 is 2.20. The van der Waals surface area contributed by atoms with Gasteiger partial charge in [0.25, 0.3) is 0 Å². The summed E-state index contributed by atoms with van der Waals surface area (Å²) in [6.45, 7) is 0.701. The van der Waals surface area contributed by atoms with Gasteiger partial charge < -0.3 is 4.74 Å². The van der Waals surface area contributed by atoms with Gasteiger partial charge in [0, 0.05) is 16.6 Å². The van der Waals surface area contributed by atoms with Crippen LogP contribution in [-0.4, -0.2) is 24.5 Å². The highest BCUT2D eigenvalue weighted by atomic mass is 127. The first kappa shape index (κ1) is 13.1. The highest BCUT2D eigenvalue weighted by Gasteiger charge is 2.44. The van der Waals surface area contributed by atoms with E-state index in [0.29, 0.717) is 12.3 Å². The van der Waals surface area contributed by atoms with Gasteiger partial charge in [-0.1, -0.05) is 0 Å². The molecule has 2 saturated heterocycles. The maximum Gasteiger partial charge on any atom is 0.240 e. The van der Waals surface area contributed by atoms with Crippen molar-refractivity contribution >= 4 is 40.1 Å². The Hall–Kier alpha value is -0.950. The normalized spacial score (nSPS) is 27.3. The number of imide groups is 1. The Bertz CT molecular complexity index is 508. The second-order valence-corrected chi connectivity index (χ2v) is 6.15. The van der Waals surface area contributed by atoms with Crippen molar-refractivity contribution < 1.29 is 14.3 Å². The minimum absolute atomic E-state index is 0.0784. The van der Waals surface area contributed by atoms with Crippen LogP contribution in [0, 0.1) is 9.49 Å². The number of benzene rings is 1. The molecule has 0 radical (unpaired) electrons. The van der Waals surface area contributed by atoms with Gasteiger partial charge in [-0.2, -0.15) is 0 Å². The van der Waals surface area contributed by atoms with Gasteiger partial charge >= 0.3 is 0 Å². The molecule has 1 aromatic rings. The summed E-state index contributed by atoms with van der Waals surface area (Å²) in [6.07, 6.45) is 2.05. The first-order valence-corrected chi connectivity index (χ1v) is 7.48. The smallest absolute Gasteiger partial charge is 0.240 e. The third-order valence-electron chi connectivity index (χ3n) is 3.68. The minimum Gasteiger partial charge on any atom is -0.377 e. The average molecular weight is 371 g/mol. The number of amides is 2. The summed E-state index contributed by atoms with van der Waals surface area (Å²) < 4.78 is 6.64. The molecule has 0 unspecified atom stereocenters. The van der Waals surface area contributed by atoms with E-state index in [4.69, 9.17) is 4.74 Å². The molecule has 0 bridgehead atoms. The number of hydrogen-bond donors (Lipinski definition) is 0. The minimum atomic E-state index is -0.297. The van der Waals surface area contributed by atoms with Crippen LogP contribution in [0.5, 0.6) is 0 Å². The monoisotopic (exact) mass is 371 g/mol. The first-order valence-electron chi connectivity index (χ1n) is 6.41. The van der Waals surface area contributed by atoms with Crippen LogP contribution in [0.15, 0.2) is 24.3 Å². The molecule has 2 aliphatic rings. The standard InChI is InChI=1S/C14H14INO3/c15-9-3-5-10(6-4-9)16-13(17)8-11(14(16)18)12-2-1-7-19-12/h3-6,11-12H,1-2,7-8H2/t11-,12+/m0/s1. The molecule has 2 aliphatic heterocycles. The number of carbonyl (C=O) groups is 2. The van der Waals surface area contributed by atoms with Crippen molar-refractivity contribution in [3.63, 3.8) is 0 Å². The van der Waals surface area contributed by atoms with Crippen molar-refractivity contribution in [2.75, 3.05) is 11.5 Å². The van der Waals surface area contributed by atoms with E-state index in [1.807, 2.05) is 24.3 Å². The lowest BCUT2D eigenvalue weighted by molar-refractivity contribution is -0.124. The lowest BCUT2D eigenvalue weighted by atomic mass is 9.98. The molecule has 100 valence electrons. The van der Waals surface area contributed by atoms with Gasteiger partial charge in [-0.25, -0.2) is 0 Å². The summed E-state index contributed by atoms with van der Waals surface area (Å²) in [7, 11) is 0. The Labute approximate surface area is 125 Å². The third kappa shape index (κ3) is 2.41. The van der Waals surface area contributed by atoms with Crippen LogP contribution in [0.1, 0.15) is 19.3 Å². The number of halogens is 1. The van der Waals surface area contributed by atoms with Crippen LogP contribution in [-0.2, 0) is 14.3 Å². The van der Waals surface area contributed by atoms with Gasteiger partial charge in [0.05, 0.1) is 17.7 Å². The molecular formula is C14H14INO3. The number of anilines is 1. The molecule has 0 N–H and O–H groups in total. The van der Waals surface area contributed by atoms with Crippen LogP contribution in [0.4, 0.5) is 5.69 Å². The van der Waals surface area contributed by atoms with E-state index in [0.717, 1.165) is 16.4 Å². The quantitative estimate of drug-likeness (QED) is 0.592. The zero-order chi connectivity index (χ0) is 13.4. The average Bonchev–Trinajstić information content (AvgIpc) is 3.00. The van der Waals surface area contributed by atoms with Gasteiger partial charge in [-0.15, -0.1) is 0 Å². The van der Waals surface area contributed by atoms with E-state index < -0.39 is 0 Å². The van der Waals surface area contributed by atoms with Gasteiger partial charge in [-0.05, 0) is 59.7 Å². The van der Waals surface area contributed by atoms with Gasteiger partial charge in [0.1, 0.15) is 0 Å². The van der Waals surface area contributed by atoms with E-state index in [-0.39, 0.29) is 30.3 Å². The second-order valence-electron chi connectivity index (χ2n) is 4.91. The van der Waals surface area contributed by atoms with Crippen molar-refractivity contribution in [3.05, 3.63) is 27.8 Å². The largest absolute Gasteiger partial charge is 0.377 e. The fraction of sp³-hybridized carbons (Fsp3) is 0.429. The molecular weight excluding hydrogens is 357 g/mol. The third-order valence-corrected chi connectivity index (χ3v) is 4.40. The molecule has 0 spiro atoms. The summed E-state index contributed by atoms with van der Waals surface area (Å²) in [6, 6.07) is 7.43. The molecule has 3 rings (SSSR count). The topological polar surface area (TPSA) is 46.6 Å². The molecule has 2 amide bonds. The van der Waals surface area contributed by atoms with E-state index >= 15 is 0 Å². The van der Waals surface area contributed by atoms with Crippen molar-refractivity contribution in [1.29, 1.82) is 0 Å². The first-order chi connectivity index (χ1) is 9.16. The highest BCUT2D eigenvalue weighted by molar-refractivity contribution is 14.1. The molecule has 0 saturated carbocycles. The van der Waals surface area contributed by atoms with Crippen LogP contribution in [0.25, 0.3) is 0 Å². The number of hydrogen-bond acceptors (Lipinski definition) is 3. The molecule has 4 nitrogen and oxygen atoms in total. The van der Waals surface area contributed by atoms with Crippen molar-refractivity contribution in [1.82, 2.24) is 0 Å². The molecule has 0 aromatic heterocycles. The lowest BCUT2D eigenvalue weighted by Crippen LogP contribution is -2.33. The Kier molecular flexibility index (Phi) is 3.58. The second kappa shape index (κ2) is 5.20. The summed E-state index contributed by atoms with van der Waals surface area (Å²) in [5.41, 5.74) is 0.663. The van der Waals surface area contributed by atoms with Crippen LogP contribution >= 0.6 is 22.6 Å². The number of ether oxygens (including phenoxy) is 1.